The Morgan fingerprint density at radius 1 is 2.00 bits per heavy atom. The van der Waals surface area contributed by atoms with E-state index < -0.39 is 32.0 Å². The minimum atomic E-state index is -0.582. The van der Waals surface area contributed by atoms with Crippen molar-refractivity contribution in [1.29, 1.82) is 0 Å². The Hall–Kier alpha value is 1.46. The SMILES string of the molecule is C[CH2][Hg][S][SiH2]O. The van der Waals surface area contributed by atoms with E-state index in [2.05, 4.69) is 6.92 Å². The van der Waals surface area contributed by atoms with Crippen molar-refractivity contribution in [3.05, 3.63) is 0 Å². The summed E-state index contributed by atoms with van der Waals surface area (Å²) in [6.07, 6.45) is 0. The summed E-state index contributed by atoms with van der Waals surface area (Å²) in [4.78, 5) is 8.35. The Labute approximate surface area is 55.0 Å². The second-order valence-electron chi connectivity index (χ2n) is 1.04. The first-order chi connectivity index (χ1) is 2.91. The van der Waals surface area contributed by atoms with Crippen LogP contribution in [0.3, 0.4) is 0 Å². The van der Waals surface area contributed by atoms with Crippen LogP contribution in [0.25, 0.3) is 0 Å². The molecule has 0 bridgehead atoms. The van der Waals surface area contributed by atoms with Gasteiger partial charge in [0.25, 0.3) is 0 Å². The van der Waals surface area contributed by atoms with Crippen LogP contribution in [0.4, 0.5) is 0 Å². The third-order valence-electron chi connectivity index (χ3n) is 0.440. The molecular weight excluding hydrogens is 301 g/mol. The summed E-state index contributed by atoms with van der Waals surface area (Å²) in [6.45, 7) is 2.22. The van der Waals surface area contributed by atoms with E-state index in [-0.39, 0.29) is 0 Å². The summed E-state index contributed by atoms with van der Waals surface area (Å²) < 4.78 is 1.41. The molecule has 0 radical (unpaired) electrons. The molecule has 0 amide bonds. The van der Waals surface area contributed by atoms with Crippen molar-refractivity contribution in [3.63, 3.8) is 0 Å². The fraction of sp³-hybridized carbons (Fsp3) is 1.00. The summed E-state index contributed by atoms with van der Waals surface area (Å²) in [5.74, 6) is 0. The third-order valence-corrected chi connectivity index (χ3v) is 24.0. The van der Waals surface area contributed by atoms with Gasteiger partial charge in [0, 0.05) is 0 Å². The molecule has 0 aromatic heterocycles. The van der Waals surface area contributed by atoms with E-state index in [1.165, 1.54) is 3.93 Å². The summed E-state index contributed by atoms with van der Waals surface area (Å²) in [6, 6.07) is 0. The molecule has 0 aliphatic carbocycles. The van der Waals surface area contributed by atoms with Crippen molar-refractivity contribution in [1.82, 2.24) is 0 Å². The normalized spacial score (nSPS) is 9.67. The van der Waals surface area contributed by atoms with E-state index in [9.17, 15) is 0 Å². The molecule has 0 fully saturated rings. The van der Waals surface area contributed by atoms with E-state index in [1.54, 1.807) is 0 Å². The standard InChI is InChI=1S/C2H5.Hg.H3OSSi/c1-2;;1-3-2/h1H2,2H3;;1H,3H2/q;+1;-1. The quantitative estimate of drug-likeness (QED) is 0.591. The summed E-state index contributed by atoms with van der Waals surface area (Å²) >= 11 is -0.445. The van der Waals surface area contributed by atoms with Crippen LogP contribution in [-0.2, 0) is 23.1 Å². The van der Waals surface area contributed by atoms with Gasteiger partial charge in [0.1, 0.15) is 0 Å². The molecule has 0 atom stereocenters. The summed E-state index contributed by atoms with van der Waals surface area (Å²) in [5, 5.41) is 0. The fourth-order valence-corrected chi connectivity index (χ4v) is 16.5. The van der Waals surface area contributed by atoms with E-state index in [4.69, 9.17) is 4.80 Å². The first-order valence-electron chi connectivity index (χ1n) is 2.10. The second kappa shape index (κ2) is 6.46. The zero-order valence-electron chi connectivity index (χ0n) is 3.98. The van der Waals surface area contributed by atoms with Crippen LogP contribution in [0, 0.1) is 0 Å². The maximum atomic E-state index is 8.35. The van der Waals surface area contributed by atoms with E-state index in [0.717, 1.165) is 0 Å². The van der Waals surface area contributed by atoms with Gasteiger partial charge in [-0.2, -0.15) is 0 Å². The van der Waals surface area contributed by atoms with E-state index in [1.807, 2.05) is 7.69 Å². The molecular formula is C2H8HgOSSi. The zero-order valence-corrected chi connectivity index (χ0v) is 11.7. The van der Waals surface area contributed by atoms with Crippen LogP contribution in [0.15, 0.2) is 0 Å². The molecule has 0 aliphatic heterocycles. The molecule has 1 N–H and O–H groups in total. The van der Waals surface area contributed by atoms with Crippen molar-refractivity contribution < 1.29 is 27.9 Å². The first-order valence-corrected chi connectivity index (χ1v) is 16.2. The second-order valence-corrected chi connectivity index (χ2v) is 27.0. The Bertz CT molecular complexity index is 25.5. The molecule has 6 heavy (non-hydrogen) atoms. The van der Waals surface area contributed by atoms with Gasteiger partial charge in [-0.3, -0.25) is 0 Å². The Kier molecular flexibility index (Phi) is 8.04. The fourth-order valence-electron chi connectivity index (χ4n) is 0.209. The van der Waals surface area contributed by atoms with Crippen LogP contribution in [-0.4, -0.2) is 13.7 Å². The third kappa shape index (κ3) is 5.46. The van der Waals surface area contributed by atoms with Crippen molar-refractivity contribution in [2.45, 2.75) is 10.9 Å². The molecule has 0 aromatic carbocycles. The molecule has 0 aliphatic rings. The number of rotatable bonds is 3. The Balaban J connectivity index is 2.34. The maximum absolute atomic E-state index is 8.35. The van der Waals surface area contributed by atoms with Gasteiger partial charge in [-0.25, -0.2) is 0 Å². The van der Waals surface area contributed by atoms with Gasteiger partial charge >= 0.3 is 55.3 Å². The van der Waals surface area contributed by atoms with Crippen LogP contribution >= 0.6 is 7.69 Å². The number of hydrogen-bond acceptors (Lipinski definition) is 2. The van der Waals surface area contributed by atoms with Gasteiger partial charge in [0.15, 0.2) is 0 Å². The molecule has 0 heterocycles. The van der Waals surface area contributed by atoms with E-state index in [0.29, 0.717) is 0 Å². The van der Waals surface area contributed by atoms with E-state index >= 15 is 0 Å². The van der Waals surface area contributed by atoms with Crippen LogP contribution in [0.2, 0.25) is 3.93 Å². The number of hydrogen-bond donors (Lipinski definition) is 1. The molecule has 0 rings (SSSR count). The summed E-state index contributed by atoms with van der Waals surface area (Å²) in [7, 11) is 1.34. The van der Waals surface area contributed by atoms with Gasteiger partial charge in [0.2, 0.25) is 0 Å². The van der Waals surface area contributed by atoms with Crippen LogP contribution in [0.1, 0.15) is 6.92 Å². The van der Waals surface area contributed by atoms with Gasteiger partial charge in [0.05, 0.1) is 0 Å². The monoisotopic (exact) mass is 310 g/mol. The Morgan fingerprint density at radius 2 is 2.67 bits per heavy atom. The zero-order chi connectivity index (χ0) is 4.83. The molecule has 1 nitrogen and oxygen atoms in total. The van der Waals surface area contributed by atoms with Gasteiger partial charge in [-0.15, -0.1) is 0 Å². The van der Waals surface area contributed by atoms with Crippen molar-refractivity contribution in [2.24, 2.45) is 0 Å². The molecule has 4 heteroatoms. The van der Waals surface area contributed by atoms with Crippen molar-refractivity contribution >= 4 is 16.6 Å². The van der Waals surface area contributed by atoms with Gasteiger partial charge in [-0.05, 0) is 0 Å². The average Bonchev–Trinajstić information content (AvgIpc) is 1.61. The summed E-state index contributed by atoms with van der Waals surface area (Å²) in [5.41, 5.74) is 0. The van der Waals surface area contributed by atoms with Crippen molar-refractivity contribution in [2.75, 3.05) is 0 Å². The van der Waals surface area contributed by atoms with Gasteiger partial charge in [-0.1, -0.05) is 0 Å². The predicted molar refractivity (Wildman–Crippen MR) is 28.8 cm³/mol. The first kappa shape index (κ1) is 7.46. The van der Waals surface area contributed by atoms with Gasteiger partial charge < -0.3 is 0 Å². The van der Waals surface area contributed by atoms with Crippen LogP contribution in [0.5, 0.6) is 0 Å². The average molecular weight is 309 g/mol. The minimum absolute atomic E-state index is 0.445. The van der Waals surface area contributed by atoms with Crippen molar-refractivity contribution in [3.8, 4) is 0 Å². The molecule has 0 saturated heterocycles. The molecule has 0 spiro atoms. The molecule has 34 valence electrons. The predicted octanol–water partition coefficient (Wildman–Crippen LogP) is 0.146. The molecule has 0 aromatic rings. The topological polar surface area (TPSA) is 20.2 Å². The Morgan fingerprint density at radius 3 is 2.83 bits per heavy atom. The molecule has 0 unspecified atom stereocenters. The van der Waals surface area contributed by atoms with Crippen LogP contribution < -0.4 is 0 Å². The molecule has 0 saturated carbocycles.